The molecule has 0 atom stereocenters. The van der Waals surface area contributed by atoms with Crippen molar-refractivity contribution in [3.8, 4) is 5.75 Å². The molecular weight excluding hydrogens is 364 g/mol. The van der Waals surface area contributed by atoms with E-state index in [-0.39, 0.29) is 0 Å². The number of unbranched alkanes of at least 4 members (excludes halogenated alkanes) is 17. The van der Waals surface area contributed by atoms with Gasteiger partial charge in [0.15, 0.2) is 0 Å². The number of phenols is 1. The highest BCUT2D eigenvalue weighted by Crippen LogP contribution is 2.25. The minimum absolute atomic E-state index is 0.527. The highest BCUT2D eigenvalue weighted by Gasteiger charge is 2.07. The molecule has 0 aliphatic rings. The quantitative estimate of drug-likeness (QED) is 0.198. The predicted octanol–water partition coefficient (Wildman–Crippen LogP) is 9.93. The van der Waals surface area contributed by atoms with E-state index < -0.39 is 0 Å². The van der Waals surface area contributed by atoms with Crippen molar-refractivity contribution in [2.45, 2.75) is 149 Å². The zero-order valence-corrected chi connectivity index (χ0v) is 20.5. The highest BCUT2D eigenvalue weighted by molar-refractivity contribution is 5.39. The van der Waals surface area contributed by atoms with Crippen molar-refractivity contribution in [3.63, 3.8) is 0 Å². The van der Waals surface area contributed by atoms with Gasteiger partial charge in [-0.1, -0.05) is 135 Å². The molecule has 0 heterocycles. The van der Waals surface area contributed by atoms with Crippen molar-refractivity contribution < 1.29 is 5.11 Å². The van der Waals surface area contributed by atoms with E-state index in [0.717, 1.165) is 12.8 Å². The third-order valence-electron chi connectivity index (χ3n) is 6.58. The van der Waals surface area contributed by atoms with Gasteiger partial charge in [0, 0.05) is 0 Å². The first-order chi connectivity index (χ1) is 14.8. The number of benzene rings is 1. The third-order valence-corrected chi connectivity index (χ3v) is 6.58. The molecule has 0 saturated carbocycles. The maximum atomic E-state index is 10.4. The maximum Gasteiger partial charge on any atom is 0.119 e. The first-order valence-electron chi connectivity index (χ1n) is 13.6. The van der Waals surface area contributed by atoms with Gasteiger partial charge >= 0.3 is 0 Å². The molecule has 0 bridgehead atoms. The van der Waals surface area contributed by atoms with Crippen molar-refractivity contribution >= 4 is 0 Å². The van der Waals surface area contributed by atoms with Crippen molar-refractivity contribution in [3.05, 3.63) is 29.3 Å². The SMILES string of the molecule is CCCCCCCCCCCCc1c(O)cccc1CCCCCCCCCCC. The summed E-state index contributed by atoms with van der Waals surface area (Å²) in [4.78, 5) is 0. The maximum absolute atomic E-state index is 10.4. The van der Waals surface area contributed by atoms with Crippen molar-refractivity contribution in [1.29, 1.82) is 0 Å². The minimum atomic E-state index is 0.527. The Labute approximate surface area is 189 Å². The van der Waals surface area contributed by atoms with Crippen LogP contribution in [0.15, 0.2) is 18.2 Å². The summed E-state index contributed by atoms with van der Waals surface area (Å²) in [6.07, 6.45) is 28.2. The molecule has 1 heteroatoms. The standard InChI is InChI=1S/C29H52O/c1-3-5-7-9-11-13-15-17-19-21-25-28-27(24-22-26-29(28)30)23-20-18-16-14-12-10-8-6-4-2/h22,24,26,30H,3-21,23,25H2,1-2H3. The summed E-state index contributed by atoms with van der Waals surface area (Å²) in [6.45, 7) is 4.57. The number of hydrogen-bond acceptors (Lipinski definition) is 1. The fourth-order valence-electron chi connectivity index (χ4n) is 4.56. The largest absolute Gasteiger partial charge is 0.508 e. The van der Waals surface area contributed by atoms with Gasteiger partial charge in [-0.15, -0.1) is 0 Å². The van der Waals surface area contributed by atoms with Crippen molar-refractivity contribution in [2.24, 2.45) is 0 Å². The fraction of sp³-hybridized carbons (Fsp3) is 0.793. The average Bonchev–Trinajstić information content (AvgIpc) is 2.75. The van der Waals surface area contributed by atoms with Crippen LogP contribution in [-0.2, 0) is 12.8 Å². The molecule has 1 nitrogen and oxygen atoms in total. The Morgan fingerprint density at radius 2 is 0.900 bits per heavy atom. The number of rotatable bonds is 21. The smallest absolute Gasteiger partial charge is 0.119 e. The molecule has 0 aliphatic heterocycles. The average molecular weight is 417 g/mol. The molecule has 0 aliphatic carbocycles. The van der Waals surface area contributed by atoms with Crippen LogP contribution >= 0.6 is 0 Å². The molecule has 0 aromatic heterocycles. The van der Waals surface area contributed by atoms with E-state index in [0.29, 0.717) is 5.75 Å². The van der Waals surface area contributed by atoms with Crippen LogP contribution in [0.1, 0.15) is 147 Å². The van der Waals surface area contributed by atoms with E-state index in [4.69, 9.17) is 0 Å². The fourth-order valence-corrected chi connectivity index (χ4v) is 4.56. The topological polar surface area (TPSA) is 20.2 Å². The number of hydrogen-bond donors (Lipinski definition) is 1. The second-order valence-corrected chi connectivity index (χ2v) is 9.43. The van der Waals surface area contributed by atoms with Gasteiger partial charge in [0.25, 0.3) is 0 Å². The molecule has 0 amide bonds. The zero-order chi connectivity index (χ0) is 21.7. The Balaban J connectivity index is 2.13. The van der Waals surface area contributed by atoms with Crippen LogP contribution in [0, 0.1) is 0 Å². The van der Waals surface area contributed by atoms with Gasteiger partial charge in [-0.25, -0.2) is 0 Å². The van der Waals surface area contributed by atoms with Crippen LogP contribution in [0.5, 0.6) is 5.75 Å². The van der Waals surface area contributed by atoms with Crippen molar-refractivity contribution in [1.82, 2.24) is 0 Å². The third kappa shape index (κ3) is 14.1. The number of aryl methyl sites for hydroxylation is 1. The molecule has 0 saturated heterocycles. The number of aromatic hydroxyl groups is 1. The van der Waals surface area contributed by atoms with Gasteiger partial charge in [0.2, 0.25) is 0 Å². The molecule has 174 valence electrons. The molecule has 1 N–H and O–H groups in total. The summed E-state index contributed by atoms with van der Waals surface area (Å²) in [5.41, 5.74) is 2.63. The summed E-state index contributed by atoms with van der Waals surface area (Å²) in [5, 5.41) is 10.4. The molecule has 1 rings (SSSR count). The lowest BCUT2D eigenvalue weighted by Gasteiger charge is -2.12. The van der Waals surface area contributed by atoms with E-state index in [1.807, 2.05) is 12.1 Å². The first kappa shape index (κ1) is 27.1. The first-order valence-corrected chi connectivity index (χ1v) is 13.6. The predicted molar refractivity (Wildman–Crippen MR) is 135 cm³/mol. The Kier molecular flexibility index (Phi) is 18.0. The van der Waals surface area contributed by atoms with E-state index >= 15 is 0 Å². The lowest BCUT2D eigenvalue weighted by atomic mass is 9.95. The minimum Gasteiger partial charge on any atom is -0.508 e. The molecule has 0 fully saturated rings. The Morgan fingerprint density at radius 1 is 0.500 bits per heavy atom. The molecular formula is C29H52O. The monoisotopic (exact) mass is 416 g/mol. The van der Waals surface area contributed by atoms with Crippen LogP contribution < -0.4 is 0 Å². The Morgan fingerprint density at radius 3 is 1.37 bits per heavy atom. The van der Waals surface area contributed by atoms with Gasteiger partial charge in [-0.05, 0) is 42.9 Å². The molecule has 30 heavy (non-hydrogen) atoms. The lowest BCUT2D eigenvalue weighted by Crippen LogP contribution is -1.96. The van der Waals surface area contributed by atoms with E-state index in [9.17, 15) is 5.11 Å². The van der Waals surface area contributed by atoms with Gasteiger partial charge in [0.05, 0.1) is 0 Å². The van der Waals surface area contributed by atoms with Gasteiger partial charge < -0.3 is 5.11 Å². The molecule has 0 radical (unpaired) electrons. The molecule has 0 spiro atoms. The van der Waals surface area contributed by atoms with Gasteiger partial charge in [-0.2, -0.15) is 0 Å². The van der Waals surface area contributed by atoms with Crippen LogP contribution in [0.2, 0.25) is 0 Å². The van der Waals surface area contributed by atoms with Crippen molar-refractivity contribution in [2.75, 3.05) is 0 Å². The molecule has 1 aromatic carbocycles. The van der Waals surface area contributed by atoms with Crippen LogP contribution in [0.25, 0.3) is 0 Å². The van der Waals surface area contributed by atoms with Gasteiger partial charge in [-0.3, -0.25) is 0 Å². The zero-order valence-electron chi connectivity index (χ0n) is 20.5. The van der Waals surface area contributed by atoms with Crippen LogP contribution in [0.4, 0.5) is 0 Å². The van der Waals surface area contributed by atoms with Crippen LogP contribution in [-0.4, -0.2) is 5.11 Å². The van der Waals surface area contributed by atoms with E-state index in [2.05, 4.69) is 19.9 Å². The van der Waals surface area contributed by atoms with E-state index in [1.165, 1.54) is 133 Å². The van der Waals surface area contributed by atoms with E-state index in [1.54, 1.807) is 0 Å². The summed E-state index contributed by atoms with van der Waals surface area (Å²) < 4.78 is 0. The normalized spacial score (nSPS) is 11.3. The molecule has 0 unspecified atom stereocenters. The second kappa shape index (κ2) is 20.0. The van der Waals surface area contributed by atoms with Crippen LogP contribution in [0.3, 0.4) is 0 Å². The number of phenolic OH excluding ortho intramolecular Hbond substituents is 1. The second-order valence-electron chi connectivity index (χ2n) is 9.43. The highest BCUT2D eigenvalue weighted by atomic mass is 16.3. The summed E-state index contributed by atoms with van der Waals surface area (Å²) >= 11 is 0. The summed E-state index contributed by atoms with van der Waals surface area (Å²) in [6, 6.07) is 6.15. The summed E-state index contributed by atoms with van der Waals surface area (Å²) in [5.74, 6) is 0.527. The summed E-state index contributed by atoms with van der Waals surface area (Å²) in [7, 11) is 0. The Hall–Kier alpha value is -0.980. The van der Waals surface area contributed by atoms with Gasteiger partial charge in [0.1, 0.15) is 5.75 Å². The lowest BCUT2D eigenvalue weighted by molar-refractivity contribution is 0.464. The molecule has 1 aromatic rings. The Bertz CT molecular complexity index is 493.